The zero-order valence-electron chi connectivity index (χ0n) is 15.3. The van der Waals surface area contributed by atoms with Crippen molar-refractivity contribution in [1.82, 2.24) is 15.4 Å². The highest BCUT2D eigenvalue weighted by atomic mass is 35.5. The van der Waals surface area contributed by atoms with Crippen LogP contribution in [-0.2, 0) is 4.74 Å². The van der Waals surface area contributed by atoms with E-state index in [2.05, 4.69) is 19.8 Å². The molecule has 3 N–H and O–H groups in total. The van der Waals surface area contributed by atoms with Gasteiger partial charge in [-0.1, -0.05) is 11.6 Å². The van der Waals surface area contributed by atoms with Crippen molar-refractivity contribution in [3.63, 3.8) is 0 Å². The summed E-state index contributed by atoms with van der Waals surface area (Å²) in [7, 11) is 1.11. The molecule has 0 aliphatic carbocycles. The zero-order valence-corrected chi connectivity index (χ0v) is 16.1. The number of carbonyl (C=O) groups excluding carboxylic acids is 1. The number of fused-ring (bicyclic) bond motifs is 1. The molecule has 2 aromatic carbocycles. The van der Waals surface area contributed by atoms with Gasteiger partial charge in [0.2, 0.25) is 0 Å². The first-order chi connectivity index (χ1) is 14.3. The smallest absolute Gasteiger partial charge is 0.427 e. The van der Waals surface area contributed by atoms with E-state index in [0.717, 1.165) is 7.11 Å². The molecule has 0 bridgehead atoms. The second-order valence-corrected chi connectivity index (χ2v) is 6.36. The van der Waals surface area contributed by atoms with Gasteiger partial charge in [-0.05, 0) is 35.9 Å². The van der Waals surface area contributed by atoms with Gasteiger partial charge in [0.05, 0.1) is 23.1 Å². The van der Waals surface area contributed by atoms with Crippen LogP contribution in [0.2, 0.25) is 5.02 Å². The summed E-state index contributed by atoms with van der Waals surface area (Å²) in [5, 5.41) is 25.8. The van der Waals surface area contributed by atoms with E-state index in [9.17, 15) is 24.8 Å². The molecule has 1 aromatic heterocycles. The minimum Gasteiger partial charge on any atom is -0.452 e. The lowest BCUT2D eigenvalue weighted by atomic mass is 10.0. The first kappa shape index (κ1) is 20.9. The SMILES string of the molecule is COC(=O)N/N=C(/c1nc2ccc(Cl)cc2[nH]c1=O)C(O)c1ccc([N+](=O)[O-])cc1. The van der Waals surface area contributed by atoms with Crippen LogP contribution in [0.15, 0.2) is 52.4 Å². The van der Waals surface area contributed by atoms with E-state index in [4.69, 9.17) is 11.6 Å². The fourth-order valence-electron chi connectivity index (χ4n) is 2.56. The number of ether oxygens (including phenoxy) is 1. The number of amides is 1. The normalized spacial score (nSPS) is 12.4. The molecule has 0 spiro atoms. The third-order valence-corrected chi connectivity index (χ3v) is 4.26. The number of hydrogen-bond acceptors (Lipinski definition) is 8. The number of hydrogen-bond donors (Lipinski definition) is 3. The number of aliphatic hydroxyl groups is 1. The Kier molecular flexibility index (Phi) is 6.04. The summed E-state index contributed by atoms with van der Waals surface area (Å²) in [5.74, 6) is 0. The number of nitrogens with zero attached hydrogens (tertiary/aromatic N) is 3. The number of H-pyrrole nitrogens is 1. The van der Waals surface area contributed by atoms with Crippen LogP contribution < -0.4 is 11.0 Å². The van der Waals surface area contributed by atoms with Crippen molar-refractivity contribution < 1.29 is 19.6 Å². The lowest BCUT2D eigenvalue weighted by Crippen LogP contribution is -2.29. The molecular weight excluding hydrogens is 418 g/mol. The Morgan fingerprint density at radius 2 is 2.03 bits per heavy atom. The summed E-state index contributed by atoms with van der Waals surface area (Å²) in [6.45, 7) is 0. The minimum atomic E-state index is -1.54. The Morgan fingerprint density at radius 3 is 2.67 bits per heavy atom. The second kappa shape index (κ2) is 8.68. The highest BCUT2D eigenvalue weighted by Gasteiger charge is 2.23. The molecule has 1 heterocycles. The Bertz CT molecular complexity index is 1210. The number of carbonyl (C=O) groups is 1. The molecule has 12 heteroatoms. The maximum atomic E-state index is 12.6. The van der Waals surface area contributed by atoms with Crippen molar-refractivity contribution in [2.75, 3.05) is 7.11 Å². The average molecular weight is 432 g/mol. The number of aliphatic hydroxyl groups excluding tert-OH is 1. The molecule has 0 radical (unpaired) electrons. The maximum absolute atomic E-state index is 12.6. The fraction of sp³-hybridized carbons (Fsp3) is 0.111. The summed E-state index contributed by atoms with van der Waals surface area (Å²) in [4.78, 5) is 41.1. The Balaban J connectivity index is 2.11. The monoisotopic (exact) mass is 431 g/mol. The molecule has 0 saturated carbocycles. The minimum absolute atomic E-state index is 0.184. The van der Waals surface area contributed by atoms with Gasteiger partial charge in [-0.2, -0.15) is 5.10 Å². The van der Waals surface area contributed by atoms with Crippen LogP contribution in [-0.4, -0.2) is 38.9 Å². The molecule has 0 saturated heterocycles. The van der Waals surface area contributed by atoms with Crippen LogP contribution >= 0.6 is 11.6 Å². The van der Waals surface area contributed by atoms with Gasteiger partial charge in [-0.25, -0.2) is 15.2 Å². The van der Waals surface area contributed by atoms with Gasteiger partial charge < -0.3 is 14.8 Å². The number of aromatic nitrogens is 2. The van der Waals surface area contributed by atoms with Crippen LogP contribution in [0.5, 0.6) is 0 Å². The number of aromatic amines is 1. The van der Waals surface area contributed by atoms with E-state index in [1.54, 1.807) is 12.1 Å². The standard InChI is InChI=1S/C18H14ClN5O6/c1-30-18(27)23-22-14(16(25)9-2-5-11(6-3-9)24(28)29)15-17(26)21-13-8-10(19)4-7-12(13)20-15/h2-8,16,25H,1H3,(H,21,26)(H,23,27)/b22-14-. The van der Waals surface area contributed by atoms with Gasteiger partial charge in [-0.3, -0.25) is 14.9 Å². The number of rotatable bonds is 5. The van der Waals surface area contributed by atoms with Gasteiger partial charge in [0.15, 0.2) is 5.69 Å². The summed E-state index contributed by atoms with van der Waals surface area (Å²) >= 11 is 5.92. The van der Waals surface area contributed by atoms with Gasteiger partial charge >= 0.3 is 6.09 Å². The van der Waals surface area contributed by atoms with Crippen molar-refractivity contribution in [3.8, 4) is 0 Å². The topological polar surface area (TPSA) is 160 Å². The molecule has 1 unspecified atom stereocenters. The molecular formula is C18H14ClN5O6. The van der Waals surface area contributed by atoms with Crippen molar-refractivity contribution in [1.29, 1.82) is 0 Å². The number of methoxy groups -OCH3 is 1. The number of nitro benzene ring substituents is 1. The van der Waals surface area contributed by atoms with E-state index in [-0.39, 0.29) is 22.7 Å². The van der Waals surface area contributed by atoms with E-state index < -0.39 is 22.7 Å². The molecule has 3 aromatic rings. The van der Waals surface area contributed by atoms with Crippen LogP contribution in [0.3, 0.4) is 0 Å². The summed E-state index contributed by atoms with van der Waals surface area (Å²) in [6, 6.07) is 9.59. The lowest BCUT2D eigenvalue weighted by Gasteiger charge is -2.14. The summed E-state index contributed by atoms with van der Waals surface area (Å²) in [5.41, 5.74) is 1.49. The van der Waals surface area contributed by atoms with Crippen molar-refractivity contribution >= 4 is 40.1 Å². The highest BCUT2D eigenvalue weighted by Crippen LogP contribution is 2.22. The second-order valence-electron chi connectivity index (χ2n) is 5.93. The number of nitrogens with one attached hydrogen (secondary N) is 2. The summed E-state index contributed by atoms with van der Waals surface area (Å²) < 4.78 is 4.44. The number of hydrazone groups is 1. The van der Waals surface area contributed by atoms with Gasteiger partial charge in [0, 0.05) is 17.2 Å². The highest BCUT2D eigenvalue weighted by molar-refractivity contribution is 6.31. The molecule has 30 heavy (non-hydrogen) atoms. The van der Waals surface area contributed by atoms with Gasteiger partial charge in [0.25, 0.3) is 11.2 Å². The van der Waals surface area contributed by atoms with E-state index in [1.807, 2.05) is 5.43 Å². The van der Waals surface area contributed by atoms with E-state index in [1.165, 1.54) is 30.3 Å². The summed E-state index contributed by atoms with van der Waals surface area (Å²) in [6.07, 6.45) is -2.48. The molecule has 0 fully saturated rings. The Hall–Kier alpha value is -3.83. The first-order valence-corrected chi connectivity index (χ1v) is 8.72. The van der Waals surface area contributed by atoms with Crippen molar-refractivity contribution in [3.05, 3.63) is 79.2 Å². The average Bonchev–Trinajstić information content (AvgIpc) is 2.73. The molecule has 11 nitrogen and oxygen atoms in total. The van der Waals surface area contributed by atoms with E-state index in [0.29, 0.717) is 16.1 Å². The first-order valence-electron chi connectivity index (χ1n) is 8.34. The molecule has 154 valence electrons. The Labute approximate surface area is 173 Å². The third-order valence-electron chi connectivity index (χ3n) is 4.03. The Morgan fingerprint density at radius 1 is 1.33 bits per heavy atom. The predicted octanol–water partition coefficient (Wildman–Crippen LogP) is 2.28. The molecule has 1 atom stereocenters. The zero-order chi connectivity index (χ0) is 21.8. The van der Waals surface area contributed by atoms with Gasteiger partial charge in [-0.15, -0.1) is 0 Å². The van der Waals surface area contributed by atoms with Crippen LogP contribution in [0.4, 0.5) is 10.5 Å². The maximum Gasteiger partial charge on any atom is 0.427 e. The van der Waals surface area contributed by atoms with Crippen LogP contribution in [0.25, 0.3) is 11.0 Å². The van der Waals surface area contributed by atoms with Crippen LogP contribution in [0.1, 0.15) is 17.4 Å². The predicted molar refractivity (Wildman–Crippen MR) is 108 cm³/mol. The number of nitro groups is 1. The van der Waals surface area contributed by atoms with Crippen molar-refractivity contribution in [2.24, 2.45) is 5.10 Å². The fourth-order valence-corrected chi connectivity index (χ4v) is 2.74. The number of non-ortho nitro benzene ring substituents is 1. The van der Waals surface area contributed by atoms with Gasteiger partial charge in [0.1, 0.15) is 11.8 Å². The molecule has 0 aliphatic heterocycles. The van der Waals surface area contributed by atoms with Crippen LogP contribution in [0, 0.1) is 10.1 Å². The molecule has 3 rings (SSSR count). The number of halogens is 1. The largest absolute Gasteiger partial charge is 0.452 e. The van der Waals surface area contributed by atoms with Crippen molar-refractivity contribution in [2.45, 2.75) is 6.10 Å². The lowest BCUT2D eigenvalue weighted by molar-refractivity contribution is -0.384. The molecule has 0 aliphatic rings. The quantitative estimate of drug-likeness (QED) is 0.317. The third kappa shape index (κ3) is 4.42. The van der Waals surface area contributed by atoms with E-state index >= 15 is 0 Å². The molecule has 1 amide bonds. The number of benzene rings is 2.